The third-order valence-corrected chi connectivity index (χ3v) is 6.60. The van der Waals surface area contributed by atoms with E-state index in [1.807, 2.05) is 21.7 Å². The maximum Gasteiger partial charge on any atom is 0.294 e. The SMILES string of the molecule is O=C1CCCN1CCCn1c(-c2cccs2)csc1=Nc1ccccc1[N+](=O)[O-]. The van der Waals surface area contributed by atoms with Gasteiger partial charge in [-0.05, 0) is 30.4 Å². The molecule has 0 saturated carbocycles. The normalized spacial score (nSPS) is 14.7. The van der Waals surface area contributed by atoms with E-state index in [1.54, 1.807) is 29.5 Å². The Labute approximate surface area is 175 Å². The van der Waals surface area contributed by atoms with Gasteiger partial charge in [-0.25, -0.2) is 4.99 Å². The molecule has 0 radical (unpaired) electrons. The lowest BCUT2D eigenvalue weighted by molar-refractivity contribution is -0.384. The number of likely N-dealkylation sites (tertiary alicyclic amines) is 1. The first kappa shape index (κ1) is 19.5. The second-order valence-corrected chi connectivity index (χ2v) is 8.51. The number of carbonyl (C=O) groups excluding carboxylic acids is 1. The fourth-order valence-corrected chi connectivity index (χ4v) is 5.20. The van der Waals surface area contributed by atoms with Gasteiger partial charge in [-0.15, -0.1) is 22.7 Å². The number of para-hydroxylation sites is 2. The van der Waals surface area contributed by atoms with Gasteiger partial charge in [0.05, 0.1) is 15.5 Å². The van der Waals surface area contributed by atoms with Crippen molar-refractivity contribution in [3.05, 3.63) is 62.1 Å². The van der Waals surface area contributed by atoms with Crippen LogP contribution in [0.1, 0.15) is 19.3 Å². The molecule has 1 aliphatic heterocycles. The summed E-state index contributed by atoms with van der Waals surface area (Å²) in [7, 11) is 0. The van der Waals surface area contributed by atoms with Gasteiger partial charge in [-0.3, -0.25) is 14.9 Å². The number of nitrogens with zero attached hydrogens (tertiary/aromatic N) is 4. The summed E-state index contributed by atoms with van der Waals surface area (Å²) in [6, 6.07) is 10.6. The number of aromatic nitrogens is 1. The summed E-state index contributed by atoms with van der Waals surface area (Å²) >= 11 is 3.12. The Morgan fingerprint density at radius 3 is 2.72 bits per heavy atom. The highest BCUT2D eigenvalue weighted by molar-refractivity contribution is 7.14. The zero-order valence-corrected chi connectivity index (χ0v) is 17.3. The van der Waals surface area contributed by atoms with Gasteiger partial charge in [0, 0.05) is 37.5 Å². The van der Waals surface area contributed by atoms with Crippen LogP contribution in [0.25, 0.3) is 10.6 Å². The first-order valence-corrected chi connectivity index (χ1v) is 11.2. The lowest BCUT2D eigenvalue weighted by Gasteiger charge is -2.16. The minimum Gasteiger partial charge on any atom is -0.343 e. The fraction of sp³-hybridized carbons (Fsp3) is 0.300. The van der Waals surface area contributed by atoms with Crippen LogP contribution in [0.2, 0.25) is 0 Å². The Hall–Kier alpha value is -2.78. The van der Waals surface area contributed by atoms with Crippen LogP contribution in [0, 0.1) is 10.1 Å². The number of carbonyl (C=O) groups is 1. The average molecular weight is 429 g/mol. The van der Waals surface area contributed by atoms with Gasteiger partial charge in [-0.1, -0.05) is 18.2 Å². The molecule has 1 amide bonds. The second kappa shape index (κ2) is 8.71. The largest absolute Gasteiger partial charge is 0.343 e. The Morgan fingerprint density at radius 2 is 2.00 bits per heavy atom. The van der Waals surface area contributed by atoms with Crippen molar-refractivity contribution < 1.29 is 9.72 Å². The molecule has 0 spiro atoms. The summed E-state index contributed by atoms with van der Waals surface area (Å²) in [4.78, 5) is 31.2. The van der Waals surface area contributed by atoms with Crippen LogP contribution in [-0.2, 0) is 11.3 Å². The van der Waals surface area contributed by atoms with Crippen molar-refractivity contribution in [2.45, 2.75) is 25.8 Å². The Kier molecular flexibility index (Phi) is 5.86. The molecule has 3 aromatic rings. The van der Waals surface area contributed by atoms with Crippen molar-refractivity contribution in [2.75, 3.05) is 13.1 Å². The second-order valence-electron chi connectivity index (χ2n) is 6.73. The van der Waals surface area contributed by atoms with Crippen molar-refractivity contribution in [3.8, 4) is 10.6 Å². The number of amides is 1. The van der Waals surface area contributed by atoms with E-state index in [-0.39, 0.29) is 11.6 Å². The molecule has 9 heteroatoms. The highest BCUT2D eigenvalue weighted by atomic mass is 32.1. The molecule has 4 rings (SSSR count). The van der Waals surface area contributed by atoms with E-state index < -0.39 is 4.92 Å². The monoisotopic (exact) mass is 428 g/mol. The molecular formula is C20H20N4O3S2. The lowest BCUT2D eigenvalue weighted by Crippen LogP contribution is -2.27. The molecule has 150 valence electrons. The van der Waals surface area contributed by atoms with E-state index in [0.717, 1.165) is 41.3 Å². The van der Waals surface area contributed by atoms with Crippen molar-refractivity contribution in [2.24, 2.45) is 4.99 Å². The first-order valence-electron chi connectivity index (χ1n) is 9.41. The minimum atomic E-state index is -0.407. The molecule has 29 heavy (non-hydrogen) atoms. The van der Waals surface area contributed by atoms with E-state index in [2.05, 4.69) is 15.6 Å². The number of hydrogen-bond acceptors (Lipinski definition) is 6. The third-order valence-electron chi connectivity index (χ3n) is 4.85. The summed E-state index contributed by atoms with van der Waals surface area (Å²) in [5.41, 5.74) is 1.39. The van der Waals surface area contributed by atoms with Crippen LogP contribution in [0.3, 0.4) is 0 Å². The standard InChI is InChI=1S/C20H20N4O3S2/c25-19-9-3-10-22(19)11-5-12-23-17(18-8-4-13-28-18)14-29-20(23)21-15-6-1-2-7-16(15)24(26)27/h1-2,4,6-8,13-14H,3,5,9-12H2. The summed E-state index contributed by atoms with van der Waals surface area (Å²) in [5.74, 6) is 0.226. The molecule has 1 saturated heterocycles. The van der Waals surface area contributed by atoms with Crippen molar-refractivity contribution in [1.82, 2.24) is 9.47 Å². The van der Waals surface area contributed by atoms with E-state index in [9.17, 15) is 14.9 Å². The fourth-order valence-electron chi connectivity index (χ4n) is 3.43. The predicted molar refractivity (Wildman–Crippen MR) is 114 cm³/mol. The molecule has 0 bridgehead atoms. The number of nitro groups is 1. The predicted octanol–water partition coefficient (Wildman–Crippen LogP) is 4.43. The van der Waals surface area contributed by atoms with Crippen molar-refractivity contribution in [1.29, 1.82) is 0 Å². The van der Waals surface area contributed by atoms with E-state index in [4.69, 9.17) is 0 Å². The third kappa shape index (κ3) is 4.30. The summed E-state index contributed by atoms with van der Waals surface area (Å²) in [6.07, 6.45) is 2.39. The van der Waals surface area contributed by atoms with Crippen LogP contribution in [0.15, 0.2) is 52.2 Å². The van der Waals surface area contributed by atoms with Crippen LogP contribution in [-0.4, -0.2) is 33.4 Å². The van der Waals surface area contributed by atoms with Crippen molar-refractivity contribution >= 4 is 40.0 Å². The smallest absolute Gasteiger partial charge is 0.294 e. The quantitative estimate of drug-likeness (QED) is 0.412. The molecular weight excluding hydrogens is 408 g/mol. The van der Waals surface area contributed by atoms with Gasteiger partial charge in [0.25, 0.3) is 5.69 Å². The topological polar surface area (TPSA) is 80.7 Å². The van der Waals surface area contributed by atoms with Crippen LogP contribution in [0.5, 0.6) is 0 Å². The molecule has 1 aromatic carbocycles. The molecule has 0 unspecified atom stereocenters. The molecule has 7 nitrogen and oxygen atoms in total. The number of rotatable bonds is 7. The maximum absolute atomic E-state index is 11.9. The molecule has 0 N–H and O–H groups in total. The Bertz CT molecular complexity index is 1090. The highest BCUT2D eigenvalue weighted by Gasteiger charge is 2.20. The molecule has 3 heterocycles. The lowest BCUT2D eigenvalue weighted by atomic mass is 10.3. The zero-order valence-electron chi connectivity index (χ0n) is 15.7. The van der Waals surface area contributed by atoms with Gasteiger partial charge in [0.1, 0.15) is 5.69 Å². The molecule has 2 aromatic heterocycles. The van der Waals surface area contributed by atoms with Crippen LogP contribution >= 0.6 is 22.7 Å². The van der Waals surface area contributed by atoms with Gasteiger partial charge < -0.3 is 9.47 Å². The van der Waals surface area contributed by atoms with Gasteiger partial charge in [0.2, 0.25) is 5.91 Å². The summed E-state index contributed by atoms with van der Waals surface area (Å²) < 4.78 is 2.10. The minimum absolute atomic E-state index is 0.00668. The number of benzene rings is 1. The number of hydrogen-bond donors (Lipinski definition) is 0. The number of nitro benzene ring substituents is 1. The van der Waals surface area contributed by atoms with E-state index >= 15 is 0 Å². The Morgan fingerprint density at radius 1 is 1.14 bits per heavy atom. The summed E-state index contributed by atoms with van der Waals surface area (Å²) in [5, 5.41) is 15.4. The van der Waals surface area contributed by atoms with Crippen LogP contribution in [0.4, 0.5) is 11.4 Å². The molecule has 0 atom stereocenters. The number of thiazole rings is 1. The molecule has 1 aliphatic rings. The molecule has 1 fully saturated rings. The Balaban J connectivity index is 1.67. The van der Waals surface area contributed by atoms with Gasteiger partial charge in [-0.2, -0.15) is 0 Å². The number of thiophene rings is 1. The summed E-state index contributed by atoms with van der Waals surface area (Å²) in [6.45, 7) is 2.24. The highest BCUT2D eigenvalue weighted by Crippen LogP contribution is 2.28. The van der Waals surface area contributed by atoms with Crippen molar-refractivity contribution in [3.63, 3.8) is 0 Å². The van der Waals surface area contributed by atoms with Gasteiger partial charge >= 0.3 is 0 Å². The first-order chi connectivity index (χ1) is 14.1. The molecule has 0 aliphatic carbocycles. The van der Waals surface area contributed by atoms with E-state index in [1.165, 1.54) is 17.4 Å². The maximum atomic E-state index is 11.9. The zero-order chi connectivity index (χ0) is 20.2. The van der Waals surface area contributed by atoms with Crippen LogP contribution < -0.4 is 4.80 Å². The average Bonchev–Trinajstić information content (AvgIpc) is 3.45. The van der Waals surface area contributed by atoms with E-state index in [0.29, 0.717) is 18.7 Å². The van der Waals surface area contributed by atoms with Gasteiger partial charge in [0.15, 0.2) is 4.80 Å².